The smallest absolute Gasteiger partial charge is 0.294 e. The molecule has 0 fully saturated rings. The number of rotatable bonds is 3. The van der Waals surface area contributed by atoms with Crippen LogP contribution >= 0.6 is 0 Å². The number of hydrogen-bond donors (Lipinski definition) is 2. The Labute approximate surface area is 143 Å². The van der Waals surface area contributed by atoms with E-state index in [4.69, 9.17) is 9.81 Å². The number of nitriles is 1. The van der Waals surface area contributed by atoms with Crippen molar-refractivity contribution in [3.8, 4) is 11.8 Å². The third-order valence-corrected chi connectivity index (χ3v) is 4.35. The number of phenols is 1. The molecule has 0 saturated carbocycles. The van der Waals surface area contributed by atoms with Crippen molar-refractivity contribution >= 4 is 32.3 Å². The maximum Gasteiger partial charge on any atom is 0.294 e. The molecule has 0 amide bonds. The van der Waals surface area contributed by atoms with Gasteiger partial charge in [0, 0.05) is 5.39 Å². The van der Waals surface area contributed by atoms with Crippen molar-refractivity contribution in [1.82, 2.24) is 0 Å². The topological polar surface area (TPSA) is 123 Å². The minimum Gasteiger partial charge on any atom is -0.506 e. The summed E-state index contributed by atoms with van der Waals surface area (Å²) < 4.78 is 31.6. The Morgan fingerprint density at radius 2 is 1.68 bits per heavy atom. The molecule has 0 aliphatic carbocycles. The van der Waals surface area contributed by atoms with E-state index in [2.05, 4.69) is 10.2 Å². The fourth-order valence-electron chi connectivity index (χ4n) is 2.26. The number of nitrogens with zero attached hydrogens (tertiary/aromatic N) is 3. The van der Waals surface area contributed by atoms with E-state index >= 15 is 0 Å². The molecule has 0 saturated heterocycles. The van der Waals surface area contributed by atoms with Crippen LogP contribution in [0.4, 0.5) is 11.4 Å². The van der Waals surface area contributed by atoms with Crippen LogP contribution in [-0.2, 0) is 10.1 Å². The van der Waals surface area contributed by atoms with Crippen LogP contribution in [0, 0.1) is 11.3 Å². The summed E-state index contributed by atoms with van der Waals surface area (Å²) >= 11 is 0. The molecule has 3 aromatic carbocycles. The standard InChI is InChI=1S/C17H11N3O4S/c18-10-11-1-4-13(5-2-11)19-20-17-15-7-6-14(25(22,23)24)9-12(15)3-8-16(17)21/h1-9,21H,(H,22,23,24). The molecule has 3 aromatic rings. The summed E-state index contributed by atoms with van der Waals surface area (Å²) in [6.07, 6.45) is 0. The molecule has 3 rings (SSSR count). The first-order valence-electron chi connectivity index (χ1n) is 7.03. The molecule has 124 valence electrons. The first-order valence-corrected chi connectivity index (χ1v) is 8.47. The summed E-state index contributed by atoms with van der Waals surface area (Å²) in [5, 5.41) is 27.8. The molecule has 7 nitrogen and oxygen atoms in total. The van der Waals surface area contributed by atoms with E-state index in [1.54, 1.807) is 24.3 Å². The third-order valence-electron chi connectivity index (χ3n) is 3.50. The van der Waals surface area contributed by atoms with Gasteiger partial charge in [-0.2, -0.15) is 18.8 Å². The maximum atomic E-state index is 11.2. The van der Waals surface area contributed by atoms with Crippen molar-refractivity contribution in [2.45, 2.75) is 4.90 Å². The molecule has 8 heteroatoms. The molecule has 0 atom stereocenters. The van der Waals surface area contributed by atoms with Crippen LogP contribution < -0.4 is 0 Å². The van der Waals surface area contributed by atoms with Gasteiger partial charge in [-0.3, -0.25) is 4.55 Å². The van der Waals surface area contributed by atoms with Gasteiger partial charge < -0.3 is 5.11 Å². The lowest BCUT2D eigenvalue weighted by atomic mass is 10.1. The van der Waals surface area contributed by atoms with E-state index in [1.807, 2.05) is 6.07 Å². The summed E-state index contributed by atoms with van der Waals surface area (Å²) in [7, 11) is -4.32. The number of hydrogen-bond acceptors (Lipinski definition) is 6. The summed E-state index contributed by atoms with van der Waals surface area (Å²) in [4.78, 5) is -0.249. The van der Waals surface area contributed by atoms with E-state index in [0.29, 0.717) is 22.0 Å². The zero-order chi connectivity index (χ0) is 18.0. The van der Waals surface area contributed by atoms with Crippen LogP contribution in [0.5, 0.6) is 5.75 Å². The minimum atomic E-state index is -4.32. The molecular formula is C17H11N3O4S. The molecule has 0 bridgehead atoms. The van der Waals surface area contributed by atoms with Crippen LogP contribution in [-0.4, -0.2) is 18.1 Å². The molecule has 0 aliphatic heterocycles. The van der Waals surface area contributed by atoms with Crippen LogP contribution in [0.3, 0.4) is 0 Å². The highest BCUT2D eigenvalue weighted by molar-refractivity contribution is 7.85. The van der Waals surface area contributed by atoms with E-state index < -0.39 is 10.1 Å². The van der Waals surface area contributed by atoms with Crippen molar-refractivity contribution in [3.63, 3.8) is 0 Å². The lowest BCUT2D eigenvalue weighted by molar-refractivity contribution is 0.477. The van der Waals surface area contributed by atoms with Crippen molar-refractivity contribution in [2.24, 2.45) is 10.2 Å². The van der Waals surface area contributed by atoms with Gasteiger partial charge in [-0.25, -0.2) is 0 Å². The van der Waals surface area contributed by atoms with Gasteiger partial charge in [0.2, 0.25) is 0 Å². The zero-order valence-electron chi connectivity index (χ0n) is 12.7. The Bertz CT molecular complexity index is 1130. The Morgan fingerprint density at radius 3 is 2.32 bits per heavy atom. The van der Waals surface area contributed by atoms with Gasteiger partial charge in [0.05, 0.1) is 22.2 Å². The second-order valence-corrected chi connectivity index (χ2v) is 6.57. The number of phenolic OH excluding ortho intramolecular Hbond substituents is 1. The highest BCUT2D eigenvalue weighted by Crippen LogP contribution is 2.36. The van der Waals surface area contributed by atoms with Crippen molar-refractivity contribution in [2.75, 3.05) is 0 Å². The maximum absolute atomic E-state index is 11.2. The number of aromatic hydroxyl groups is 1. The summed E-state index contributed by atoms with van der Waals surface area (Å²) in [5.41, 5.74) is 1.15. The number of benzene rings is 3. The molecule has 0 aromatic heterocycles. The van der Waals surface area contributed by atoms with Gasteiger partial charge >= 0.3 is 0 Å². The molecule has 25 heavy (non-hydrogen) atoms. The minimum absolute atomic E-state index is 0.121. The Morgan fingerprint density at radius 1 is 0.960 bits per heavy atom. The predicted molar refractivity (Wildman–Crippen MR) is 90.8 cm³/mol. The van der Waals surface area contributed by atoms with Crippen molar-refractivity contribution in [3.05, 3.63) is 60.2 Å². The molecule has 0 unspecified atom stereocenters. The molecule has 0 heterocycles. The average molecular weight is 353 g/mol. The van der Waals surface area contributed by atoms with Gasteiger partial charge in [-0.15, -0.1) is 5.11 Å². The fourth-order valence-corrected chi connectivity index (χ4v) is 2.77. The second kappa shape index (κ2) is 6.32. The molecule has 0 radical (unpaired) electrons. The van der Waals surface area contributed by atoms with E-state index in [0.717, 1.165) is 0 Å². The summed E-state index contributed by atoms with van der Waals surface area (Å²) in [5.74, 6) is -0.121. The summed E-state index contributed by atoms with van der Waals surface area (Å²) in [6, 6.07) is 15.2. The van der Waals surface area contributed by atoms with Gasteiger partial charge in [-0.05, 0) is 47.9 Å². The van der Waals surface area contributed by atoms with Gasteiger partial charge in [0.15, 0.2) is 0 Å². The molecule has 0 aliphatic rings. The first kappa shape index (κ1) is 16.6. The lowest BCUT2D eigenvalue weighted by Gasteiger charge is -2.05. The fraction of sp³-hybridized carbons (Fsp3) is 0. The lowest BCUT2D eigenvalue weighted by Crippen LogP contribution is -1.97. The number of azo groups is 1. The second-order valence-electron chi connectivity index (χ2n) is 5.15. The summed E-state index contributed by atoms with van der Waals surface area (Å²) in [6.45, 7) is 0. The Balaban J connectivity index is 2.07. The van der Waals surface area contributed by atoms with Crippen LogP contribution in [0.15, 0.2) is 69.7 Å². The largest absolute Gasteiger partial charge is 0.506 e. The van der Waals surface area contributed by atoms with Crippen molar-refractivity contribution < 1.29 is 18.1 Å². The quantitative estimate of drug-likeness (QED) is 0.542. The van der Waals surface area contributed by atoms with Gasteiger partial charge in [0.1, 0.15) is 11.4 Å². The van der Waals surface area contributed by atoms with Crippen LogP contribution in [0.1, 0.15) is 5.56 Å². The Hall–Kier alpha value is -3.28. The highest BCUT2D eigenvalue weighted by Gasteiger charge is 2.13. The molecular weight excluding hydrogens is 342 g/mol. The Kier molecular flexibility index (Phi) is 4.19. The highest BCUT2D eigenvalue weighted by atomic mass is 32.2. The number of fused-ring (bicyclic) bond motifs is 1. The van der Waals surface area contributed by atoms with Gasteiger partial charge in [0.25, 0.3) is 10.1 Å². The van der Waals surface area contributed by atoms with Gasteiger partial charge in [-0.1, -0.05) is 12.1 Å². The zero-order valence-corrected chi connectivity index (χ0v) is 13.5. The van der Waals surface area contributed by atoms with Crippen LogP contribution in [0.25, 0.3) is 10.8 Å². The van der Waals surface area contributed by atoms with Crippen LogP contribution in [0.2, 0.25) is 0 Å². The average Bonchev–Trinajstić information content (AvgIpc) is 2.60. The van der Waals surface area contributed by atoms with Crippen molar-refractivity contribution in [1.29, 1.82) is 5.26 Å². The molecule has 0 spiro atoms. The molecule has 2 N–H and O–H groups in total. The normalized spacial score (nSPS) is 11.7. The first-order chi connectivity index (χ1) is 11.9. The predicted octanol–water partition coefficient (Wildman–Crippen LogP) is 4.08. The van der Waals surface area contributed by atoms with E-state index in [9.17, 15) is 13.5 Å². The third kappa shape index (κ3) is 3.47. The SMILES string of the molecule is N#Cc1ccc(N=Nc2c(O)ccc3cc(S(=O)(=O)O)ccc23)cc1. The van der Waals surface area contributed by atoms with E-state index in [-0.39, 0.29) is 16.3 Å². The monoisotopic (exact) mass is 353 g/mol. The van der Waals surface area contributed by atoms with E-state index in [1.165, 1.54) is 30.3 Å².